The Hall–Kier alpha value is -5.06. The van der Waals surface area contributed by atoms with E-state index in [0.717, 1.165) is 5.92 Å². The molecule has 14 rings (SSSR count). The fourth-order valence-electron chi connectivity index (χ4n) is 16.2. The largest absolute Gasteiger partial charge is 0.311 e. The molecular weight excluding hydrogens is 924 g/mol. The number of thiophene rings is 1. The van der Waals surface area contributed by atoms with Gasteiger partial charge in [-0.1, -0.05) is 138 Å². The third kappa shape index (κ3) is 7.21. The van der Waals surface area contributed by atoms with Crippen molar-refractivity contribution < 1.29 is 0 Å². The van der Waals surface area contributed by atoms with Crippen LogP contribution >= 0.6 is 11.3 Å². The van der Waals surface area contributed by atoms with Crippen molar-refractivity contribution >= 4 is 78.0 Å². The van der Waals surface area contributed by atoms with E-state index in [0.29, 0.717) is 5.92 Å². The maximum Gasteiger partial charge on any atom is 0.254 e. The summed E-state index contributed by atoms with van der Waals surface area (Å²) in [5, 5.41) is 2.88. The number of benzene rings is 6. The molecule has 2 nitrogen and oxygen atoms in total. The van der Waals surface area contributed by atoms with Gasteiger partial charge in [0.05, 0.1) is 5.00 Å². The molecule has 1 atom stereocenters. The molecule has 0 N–H and O–H groups in total. The minimum absolute atomic E-state index is 0.0324. The van der Waals surface area contributed by atoms with Crippen LogP contribution in [0.15, 0.2) is 84.9 Å². The van der Waals surface area contributed by atoms with E-state index in [1.807, 2.05) is 0 Å². The molecule has 1 aromatic heterocycles. The van der Waals surface area contributed by atoms with E-state index in [2.05, 4.69) is 224 Å². The summed E-state index contributed by atoms with van der Waals surface area (Å²) in [6, 6.07) is 36.1. The van der Waals surface area contributed by atoms with Crippen molar-refractivity contribution in [2.75, 3.05) is 9.80 Å². The lowest BCUT2D eigenvalue weighted by atomic mass is 9.33. The van der Waals surface area contributed by atoms with Crippen LogP contribution in [0.4, 0.5) is 33.4 Å². The van der Waals surface area contributed by atoms with Gasteiger partial charge in [-0.05, 0) is 254 Å². The van der Waals surface area contributed by atoms with E-state index in [4.69, 9.17) is 0 Å². The zero-order valence-corrected chi connectivity index (χ0v) is 49.6. The van der Waals surface area contributed by atoms with Crippen LogP contribution in [0.25, 0.3) is 21.2 Å². The smallest absolute Gasteiger partial charge is 0.254 e. The molecule has 2 aliphatic heterocycles. The molecular formula is C71H83BN2S. The highest BCUT2D eigenvalue weighted by Gasteiger charge is 2.50. The lowest BCUT2D eigenvalue weighted by molar-refractivity contribution is 0.248. The maximum atomic E-state index is 2.79. The van der Waals surface area contributed by atoms with E-state index in [9.17, 15) is 0 Å². The van der Waals surface area contributed by atoms with Gasteiger partial charge in [-0.2, -0.15) is 0 Å². The van der Waals surface area contributed by atoms with Crippen molar-refractivity contribution in [3.8, 4) is 11.1 Å². The van der Waals surface area contributed by atoms with E-state index < -0.39 is 0 Å². The number of anilines is 6. The highest BCUT2D eigenvalue weighted by atomic mass is 32.1. The van der Waals surface area contributed by atoms with Crippen LogP contribution in [-0.2, 0) is 32.5 Å². The second-order valence-electron chi connectivity index (χ2n) is 29.2. The third-order valence-electron chi connectivity index (χ3n) is 21.2. The van der Waals surface area contributed by atoms with Gasteiger partial charge in [0.25, 0.3) is 6.71 Å². The first kappa shape index (κ1) is 49.5. The number of fused-ring (bicyclic) bond motifs is 10. The lowest BCUT2D eigenvalue weighted by Gasteiger charge is -2.47. The highest BCUT2D eigenvalue weighted by molar-refractivity contribution is 7.26. The Morgan fingerprint density at radius 1 is 0.533 bits per heavy atom. The molecule has 1 saturated carbocycles. The molecule has 3 heterocycles. The first-order valence-electron chi connectivity index (χ1n) is 29.1. The summed E-state index contributed by atoms with van der Waals surface area (Å²) in [5.41, 5.74) is 30.2. The molecule has 7 aliphatic rings. The molecule has 2 bridgehead atoms. The monoisotopic (exact) mass is 1010 g/mol. The fraction of sp³-hybridized carbons (Fsp3) is 0.465. The van der Waals surface area contributed by atoms with Crippen molar-refractivity contribution in [1.29, 1.82) is 0 Å². The molecule has 7 aromatic rings. The molecule has 75 heavy (non-hydrogen) atoms. The highest BCUT2D eigenvalue weighted by Crippen LogP contribution is 2.57. The zero-order chi connectivity index (χ0) is 53.0. The molecule has 4 heteroatoms. The average molecular weight is 1010 g/mol. The minimum atomic E-state index is 0.0324. The SMILES string of the molecule is Cc1cc(C)c(-c2cc3c4c(c2)N(c2ccc5c(c2)C(C)(C)CCC5(C)C)c2sc5cc6c(cc5c2B4c2cc4c(cc2N3c2ccc(C(C)(C)C)cc2C)C(C)(C)CCC4(C)C)C(C)C2CCC6(C)CC2)c(C)c1. The average Bonchev–Trinajstić information content (AvgIpc) is 3.64. The number of aryl methyl sites for hydroxylation is 4. The molecule has 5 aliphatic carbocycles. The summed E-state index contributed by atoms with van der Waals surface area (Å²) >= 11 is 2.09. The standard InChI is InChI=1S/C71H83BN2S/c1-40-30-42(3)62(43(4)31-40)46-33-59-64-60(34-46)74(57-21-18-47(32-41(57)2)66(6,7)8)58-38-55-54(69(13,14)28-29-70(55,15)16)37-56(58)72(64)63-50-36-49-44(5)45-22-24-71(17,25-23-45)52(49)39-61(50)75-65(63)73(59)48-19-20-51-53(35-48)68(11,12)27-26-67(51,9)10/h18-21,30-39,44-45H,22-29H2,1-17H3. The van der Waals surface area contributed by atoms with Gasteiger partial charge in [0.1, 0.15) is 0 Å². The summed E-state index contributed by atoms with van der Waals surface area (Å²) in [7, 11) is 0. The van der Waals surface area contributed by atoms with Gasteiger partial charge in [-0.15, -0.1) is 11.3 Å². The van der Waals surface area contributed by atoms with Crippen LogP contribution in [0.1, 0.15) is 208 Å². The second kappa shape index (κ2) is 16.0. The van der Waals surface area contributed by atoms with Gasteiger partial charge in [-0.3, -0.25) is 0 Å². The predicted octanol–water partition coefficient (Wildman–Crippen LogP) is 18.4. The lowest BCUT2D eigenvalue weighted by Crippen LogP contribution is -2.61. The zero-order valence-electron chi connectivity index (χ0n) is 48.8. The molecule has 0 saturated heterocycles. The molecule has 0 radical (unpaired) electrons. The Balaban J connectivity index is 1.21. The Kier molecular flexibility index (Phi) is 10.6. The Bertz CT molecular complexity index is 3570. The summed E-state index contributed by atoms with van der Waals surface area (Å²) in [6.45, 7) is 41.6. The first-order chi connectivity index (χ1) is 35.2. The normalized spacial score (nSPS) is 23.2. The Labute approximate surface area is 455 Å². The van der Waals surface area contributed by atoms with E-state index in [-0.39, 0.29) is 39.2 Å². The quantitative estimate of drug-likeness (QED) is 0.163. The summed E-state index contributed by atoms with van der Waals surface area (Å²) < 4.78 is 1.46. The molecule has 0 amide bonds. The number of hydrogen-bond acceptors (Lipinski definition) is 3. The van der Waals surface area contributed by atoms with E-state index in [1.54, 1.807) is 16.7 Å². The minimum Gasteiger partial charge on any atom is -0.311 e. The van der Waals surface area contributed by atoms with Crippen molar-refractivity contribution in [3.63, 3.8) is 0 Å². The fourth-order valence-corrected chi connectivity index (χ4v) is 17.5. The first-order valence-corrected chi connectivity index (χ1v) is 29.9. The van der Waals surface area contributed by atoms with Crippen LogP contribution < -0.4 is 26.2 Å². The van der Waals surface area contributed by atoms with Gasteiger partial charge in [0, 0.05) is 33.1 Å². The third-order valence-corrected chi connectivity index (χ3v) is 22.3. The number of nitrogens with zero attached hydrogens (tertiary/aromatic N) is 2. The van der Waals surface area contributed by atoms with Gasteiger partial charge in [0.15, 0.2) is 0 Å². The number of rotatable bonds is 3. The van der Waals surface area contributed by atoms with Crippen molar-refractivity contribution in [1.82, 2.24) is 0 Å². The van der Waals surface area contributed by atoms with E-state index >= 15 is 0 Å². The van der Waals surface area contributed by atoms with Crippen LogP contribution in [0.2, 0.25) is 0 Å². The molecule has 1 unspecified atom stereocenters. The summed E-state index contributed by atoms with van der Waals surface area (Å²) in [4.78, 5) is 5.55. The van der Waals surface area contributed by atoms with Gasteiger partial charge < -0.3 is 9.80 Å². The predicted molar refractivity (Wildman–Crippen MR) is 327 cm³/mol. The summed E-state index contributed by atoms with van der Waals surface area (Å²) in [5.74, 6) is 1.30. The van der Waals surface area contributed by atoms with Gasteiger partial charge in [-0.25, -0.2) is 0 Å². The Morgan fingerprint density at radius 2 is 1.12 bits per heavy atom. The molecule has 0 spiro atoms. The van der Waals surface area contributed by atoms with Gasteiger partial charge in [0.2, 0.25) is 0 Å². The van der Waals surface area contributed by atoms with Crippen molar-refractivity contribution in [2.24, 2.45) is 5.92 Å². The van der Waals surface area contributed by atoms with Crippen LogP contribution in [0.3, 0.4) is 0 Å². The topological polar surface area (TPSA) is 6.48 Å². The van der Waals surface area contributed by atoms with Gasteiger partial charge >= 0.3 is 0 Å². The van der Waals surface area contributed by atoms with Crippen molar-refractivity contribution in [2.45, 2.75) is 207 Å². The summed E-state index contributed by atoms with van der Waals surface area (Å²) in [6.07, 6.45) is 10.0. The second-order valence-corrected chi connectivity index (χ2v) is 30.3. The molecule has 1 fully saturated rings. The Morgan fingerprint density at radius 3 is 1.73 bits per heavy atom. The maximum absolute atomic E-state index is 2.79. The van der Waals surface area contributed by atoms with E-state index in [1.165, 1.54) is 167 Å². The van der Waals surface area contributed by atoms with Crippen molar-refractivity contribution in [3.05, 3.63) is 146 Å². The number of hydrogen-bond donors (Lipinski definition) is 0. The molecule has 6 aromatic carbocycles. The van der Waals surface area contributed by atoms with Crippen LogP contribution in [0, 0.1) is 33.6 Å². The van der Waals surface area contributed by atoms with Crippen LogP contribution in [-0.4, -0.2) is 6.71 Å². The van der Waals surface area contributed by atoms with Crippen LogP contribution in [0.5, 0.6) is 0 Å². The molecule has 386 valence electrons.